The maximum atomic E-state index is 10.1. The van der Waals surface area contributed by atoms with Crippen molar-refractivity contribution in [1.82, 2.24) is 0 Å². The van der Waals surface area contributed by atoms with E-state index in [0.717, 1.165) is 37.9 Å². The van der Waals surface area contributed by atoms with Gasteiger partial charge in [-0.1, -0.05) is 30.2 Å². The van der Waals surface area contributed by atoms with E-state index in [4.69, 9.17) is 4.74 Å². The Morgan fingerprint density at radius 2 is 2.12 bits per heavy atom. The molecule has 1 aliphatic carbocycles. The van der Waals surface area contributed by atoms with E-state index in [2.05, 4.69) is 49.9 Å². The van der Waals surface area contributed by atoms with Gasteiger partial charge in [-0.3, -0.25) is 0 Å². The highest BCUT2D eigenvalue weighted by Crippen LogP contribution is 2.51. The topological polar surface area (TPSA) is 61.6 Å². The van der Waals surface area contributed by atoms with Crippen LogP contribution in [0.5, 0.6) is 5.75 Å². The summed E-state index contributed by atoms with van der Waals surface area (Å²) in [5, 5.41) is 9.40. The third kappa shape index (κ3) is 4.19. The Kier molecular flexibility index (Phi) is 5.54. The molecule has 1 aromatic rings. The lowest BCUT2D eigenvalue weighted by molar-refractivity contribution is -0.757. The molecule has 5 nitrogen and oxygen atoms in total. The standard InChI is InChI=1S/C21H29NO4/c1-15-8-11-19-18(13-15)17-10-9-16(14-20(17)26-21(19,2)3)7-5-4-6-12-25-22(23)24/h8-10,14,18-19H,4-7,11-13H2,1-3H3/t18-,19+/m0/s1. The Morgan fingerprint density at radius 1 is 1.31 bits per heavy atom. The number of nitrogens with zero attached hydrogens (tertiary/aromatic N) is 1. The van der Waals surface area contributed by atoms with E-state index in [1.807, 2.05) is 0 Å². The van der Waals surface area contributed by atoms with Crippen LogP contribution in [0, 0.1) is 16.0 Å². The molecule has 0 spiro atoms. The first-order valence-corrected chi connectivity index (χ1v) is 9.61. The Labute approximate surface area is 155 Å². The Morgan fingerprint density at radius 3 is 2.88 bits per heavy atom. The van der Waals surface area contributed by atoms with Crippen molar-refractivity contribution in [1.29, 1.82) is 0 Å². The third-order valence-electron chi connectivity index (χ3n) is 5.80. The van der Waals surface area contributed by atoms with E-state index in [9.17, 15) is 10.1 Å². The number of hydrogen-bond acceptors (Lipinski definition) is 4. The highest BCUT2D eigenvalue weighted by Gasteiger charge is 2.44. The normalized spacial score (nSPS) is 23.3. The number of allylic oxidation sites excluding steroid dienone is 2. The largest absolute Gasteiger partial charge is 0.487 e. The number of benzene rings is 1. The van der Waals surface area contributed by atoms with E-state index in [1.54, 1.807) is 0 Å². The van der Waals surface area contributed by atoms with E-state index >= 15 is 0 Å². The van der Waals surface area contributed by atoms with Gasteiger partial charge in [0.15, 0.2) is 0 Å². The summed E-state index contributed by atoms with van der Waals surface area (Å²) in [7, 11) is 0. The zero-order chi connectivity index (χ0) is 18.7. The third-order valence-corrected chi connectivity index (χ3v) is 5.80. The summed E-state index contributed by atoms with van der Waals surface area (Å²) in [4.78, 5) is 14.5. The van der Waals surface area contributed by atoms with Gasteiger partial charge in [-0.25, -0.2) is 0 Å². The zero-order valence-electron chi connectivity index (χ0n) is 16.0. The Hall–Kier alpha value is -2.04. The number of rotatable bonds is 7. The van der Waals surface area contributed by atoms with Gasteiger partial charge in [-0.2, -0.15) is 0 Å². The first-order chi connectivity index (χ1) is 12.4. The average Bonchev–Trinajstić information content (AvgIpc) is 2.56. The zero-order valence-corrected chi connectivity index (χ0v) is 16.0. The number of hydrogen-bond donors (Lipinski definition) is 0. The molecule has 1 aliphatic heterocycles. The molecule has 0 saturated heterocycles. The molecule has 2 atom stereocenters. The number of ether oxygens (including phenoxy) is 1. The minimum atomic E-state index is -0.724. The molecule has 0 fully saturated rings. The summed E-state index contributed by atoms with van der Waals surface area (Å²) < 4.78 is 6.41. The van der Waals surface area contributed by atoms with Crippen LogP contribution < -0.4 is 4.74 Å². The molecular weight excluding hydrogens is 330 g/mol. The fourth-order valence-corrected chi connectivity index (χ4v) is 4.40. The minimum Gasteiger partial charge on any atom is -0.487 e. The van der Waals surface area contributed by atoms with Gasteiger partial charge in [0.05, 0.1) is 6.61 Å². The van der Waals surface area contributed by atoms with Gasteiger partial charge in [-0.05, 0) is 76.0 Å². The van der Waals surface area contributed by atoms with Crippen molar-refractivity contribution in [2.24, 2.45) is 5.92 Å². The summed E-state index contributed by atoms with van der Waals surface area (Å²) in [5.74, 6) is 2.12. The lowest BCUT2D eigenvalue weighted by Crippen LogP contribution is -2.45. The molecule has 0 aromatic heterocycles. The van der Waals surface area contributed by atoms with Gasteiger partial charge in [-0.15, -0.1) is 10.1 Å². The summed E-state index contributed by atoms with van der Waals surface area (Å²) in [5.41, 5.74) is 3.96. The molecule has 1 aromatic carbocycles. The quantitative estimate of drug-likeness (QED) is 0.290. The van der Waals surface area contributed by atoms with Crippen LogP contribution in [0.3, 0.4) is 0 Å². The smallest absolute Gasteiger partial charge is 0.294 e. The van der Waals surface area contributed by atoms with Gasteiger partial charge in [0.25, 0.3) is 5.09 Å². The van der Waals surface area contributed by atoms with Crippen LogP contribution in [0.25, 0.3) is 0 Å². The van der Waals surface area contributed by atoms with Gasteiger partial charge in [0.1, 0.15) is 11.4 Å². The van der Waals surface area contributed by atoms with E-state index < -0.39 is 5.09 Å². The Balaban J connectivity index is 1.63. The molecule has 0 saturated carbocycles. The lowest BCUT2D eigenvalue weighted by Gasteiger charge is -2.47. The SMILES string of the molecule is CC1=CC[C@@H]2[C@@H](C1)c1ccc(CCCCCO[N+](=O)[O-])cc1OC2(C)C. The van der Waals surface area contributed by atoms with Crippen LogP contribution in [0.4, 0.5) is 0 Å². The predicted molar refractivity (Wildman–Crippen MR) is 101 cm³/mol. The fourth-order valence-electron chi connectivity index (χ4n) is 4.40. The molecule has 0 N–H and O–H groups in total. The molecule has 0 unspecified atom stereocenters. The minimum absolute atomic E-state index is 0.145. The molecule has 5 heteroatoms. The Bertz CT molecular complexity index is 695. The van der Waals surface area contributed by atoms with Crippen molar-refractivity contribution in [3.8, 4) is 5.75 Å². The molecule has 0 radical (unpaired) electrons. The van der Waals surface area contributed by atoms with Gasteiger partial charge < -0.3 is 9.57 Å². The van der Waals surface area contributed by atoms with E-state index in [0.29, 0.717) is 18.3 Å². The van der Waals surface area contributed by atoms with Crippen molar-refractivity contribution in [3.05, 3.63) is 51.1 Å². The molecule has 0 amide bonds. The second kappa shape index (κ2) is 7.68. The van der Waals surface area contributed by atoms with Gasteiger partial charge >= 0.3 is 0 Å². The molecule has 26 heavy (non-hydrogen) atoms. The van der Waals surface area contributed by atoms with Crippen LogP contribution in [-0.2, 0) is 11.3 Å². The lowest BCUT2D eigenvalue weighted by atomic mass is 9.67. The van der Waals surface area contributed by atoms with Crippen LogP contribution in [0.15, 0.2) is 29.8 Å². The summed E-state index contributed by atoms with van der Waals surface area (Å²) >= 11 is 0. The predicted octanol–water partition coefficient (Wildman–Crippen LogP) is 5.22. The maximum Gasteiger partial charge on any atom is 0.294 e. The average molecular weight is 359 g/mol. The highest BCUT2D eigenvalue weighted by molar-refractivity contribution is 5.44. The summed E-state index contributed by atoms with van der Waals surface area (Å²) in [6, 6.07) is 6.68. The fraction of sp³-hybridized carbons (Fsp3) is 0.619. The maximum absolute atomic E-state index is 10.1. The van der Waals surface area contributed by atoms with Crippen LogP contribution in [-0.4, -0.2) is 17.3 Å². The van der Waals surface area contributed by atoms with Gasteiger partial charge in [0.2, 0.25) is 0 Å². The summed E-state index contributed by atoms with van der Waals surface area (Å²) in [6.45, 7) is 6.84. The van der Waals surface area contributed by atoms with Gasteiger partial charge in [0, 0.05) is 5.92 Å². The first-order valence-electron chi connectivity index (χ1n) is 9.61. The first kappa shape index (κ1) is 18.7. The van der Waals surface area contributed by atoms with E-state index in [-0.39, 0.29) is 12.2 Å². The monoisotopic (exact) mass is 359 g/mol. The van der Waals surface area contributed by atoms with Crippen LogP contribution in [0.2, 0.25) is 0 Å². The van der Waals surface area contributed by atoms with Crippen molar-refractivity contribution in [3.63, 3.8) is 0 Å². The van der Waals surface area contributed by atoms with E-state index in [1.165, 1.54) is 16.7 Å². The highest BCUT2D eigenvalue weighted by atomic mass is 16.9. The summed E-state index contributed by atoms with van der Waals surface area (Å²) in [6.07, 6.45) is 8.18. The number of fused-ring (bicyclic) bond motifs is 3. The number of aryl methyl sites for hydroxylation is 1. The molecule has 2 aliphatic rings. The van der Waals surface area contributed by atoms with Crippen molar-refractivity contribution in [2.75, 3.05) is 6.61 Å². The molecule has 3 rings (SSSR count). The van der Waals surface area contributed by atoms with Crippen molar-refractivity contribution >= 4 is 0 Å². The second-order valence-electron chi connectivity index (χ2n) is 8.15. The van der Waals surface area contributed by atoms with Crippen molar-refractivity contribution in [2.45, 2.75) is 70.8 Å². The number of unbranched alkanes of at least 4 members (excludes halogenated alkanes) is 2. The van der Waals surface area contributed by atoms with Crippen molar-refractivity contribution < 1.29 is 14.7 Å². The van der Waals surface area contributed by atoms with Crippen LogP contribution in [0.1, 0.15) is 69.9 Å². The molecule has 1 heterocycles. The van der Waals surface area contributed by atoms with Crippen LogP contribution >= 0.6 is 0 Å². The molecular formula is C21H29NO4. The molecule has 0 bridgehead atoms. The second-order valence-corrected chi connectivity index (χ2v) is 8.15. The molecule has 142 valence electrons.